The van der Waals surface area contributed by atoms with Crippen molar-refractivity contribution in [3.8, 4) is 0 Å². The van der Waals surface area contributed by atoms with E-state index in [9.17, 15) is 0 Å². The van der Waals surface area contributed by atoms with Crippen LogP contribution in [0.1, 0.15) is 39.5 Å². The van der Waals surface area contributed by atoms with Crippen LogP contribution < -0.4 is 5.73 Å². The Labute approximate surface area is 79.8 Å². The average Bonchev–Trinajstić information content (AvgIpc) is 2.03. The molecule has 0 radical (unpaired) electrons. The van der Waals surface area contributed by atoms with Crippen LogP contribution in [0.4, 0.5) is 0 Å². The van der Waals surface area contributed by atoms with E-state index >= 15 is 0 Å². The molecule has 1 atom stereocenters. The van der Waals surface area contributed by atoms with Gasteiger partial charge in [0.05, 0.1) is 5.84 Å². The van der Waals surface area contributed by atoms with Gasteiger partial charge in [0.2, 0.25) is 0 Å². The maximum atomic E-state index is 7.02. The number of amidine groups is 1. The molecular weight excluding hydrogens is 168 g/mol. The Kier molecular flexibility index (Phi) is 7.36. The fraction of sp³-hybridized carbons (Fsp3) is 0.889. The summed E-state index contributed by atoms with van der Waals surface area (Å²) in [6.07, 6.45) is 4.27. The van der Waals surface area contributed by atoms with Gasteiger partial charge in [0.25, 0.3) is 0 Å². The monoisotopic (exact) mass is 188 g/mol. The lowest BCUT2D eigenvalue weighted by Crippen LogP contribution is -2.08. The zero-order valence-electron chi connectivity index (χ0n) is 8.10. The second kappa shape index (κ2) is 7.47. The van der Waals surface area contributed by atoms with Crippen molar-refractivity contribution in [1.82, 2.24) is 0 Å². The first kappa shape index (κ1) is 11.8. The van der Waals surface area contributed by atoms with Gasteiger partial charge in [-0.2, -0.15) is 11.8 Å². The highest BCUT2D eigenvalue weighted by Gasteiger charge is 1.98. The number of hydrogen-bond acceptors (Lipinski definition) is 2. The van der Waals surface area contributed by atoms with E-state index in [2.05, 4.69) is 13.8 Å². The van der Waals surface area contributed by atoms with Gasteiger partial charge in [0, 0.05) is 11.7 Å². The quantitative estimate of drug-likeness (QED) is 0.366. The highest BCUT2D eigenvalue weighted by atomic mass is 32.2. The molecule has 0 aromatic heterocycles. The number of nitrogens with one attached hydrogen (secondary N) is 1. The van der Waals surface area contributed by atoms with Crippen molar-refractivity contribution in [2.75, 3.05) is 5.75 Å². The minimum atomic E-state index is 0.323. The van der Waals surface area contributed by atoms with E-state index in [-0.39, 0.29) is 0 Å². The summed E-state index contributed by atoms with van der Waals surface area (Å²) in [6.45, 7) is 4.48. The van der Waals surface area contributed by atoms with Crippen molar-refractivity contribution in [1.29, 1.82) is 5.41 Å². The van der Waals surface area contributed by atoms with E-state index in [1.807, 2.05) is 11.8 Å². The topological polar surface area (TPSA) is 49.9 Å². The van der Waals surface area contributed by atoms with Crippen molar-refractivity contribution in [2.24, 2.45) is 5.73 Å². The molecule has 0 aromatic carbocycles. The first-order chi connectivity index (χ1) is 5.66. The Morgan fingerprint density at radius 1 is 1.50 bits per heavy atom. The molecule has 0 fully saturated rings. The molecule has 3 heteroatoms. The summed E-state index contributed by atoms with van der Waals surface area (Å²) in [6, 6.07) is 0. The summed E-state index contributed by atoms with van der Waals surface area (Å²) in [5, 5.41) is 7.80. The highest BCUT2D eigenvalue weighted by Crippen LogP contribution is 2.15. The molecular formula is C9H20N2S. The molecule has 0 spiro atoms. The van der Waals surface area contributed by atoms with E-state index in [4.69, 9.17) is 11.1 Å². The van der Waals surface area contributed by atoms with Gasteiger partial charge in [-0.05, 0) is 25.0 Å². The molecule has 3 N–H and O–H groups in total. The van der Waals surface area contributed by atoms with Crippen molar-refractivity contribution in [2.45, 2.75) is 44.8 Å². The van der Waals surface area contributed by atoms with Gasteiger partial charge in [-0.15, -0.1) is 0 Å². The Morgan fingerprint density at radius 2 is 2.17 bits per heavy atom. The Morgan fingerprint density at radius 3 is 2.67 bits per heavy atom. The number of rotatable bonds is 7. The van der Waals surface area contributed by atoms with Crippen LogP contribution in [-0.4, -0.2) is 16.8 Å². The Balaban J connectivity index is 3.05. The molecule has 0 saturated carbocycles. The zero-order valence-corrected chi connectivity index (χ0v) is 8.91. The van der Waals surface area contributed by atoms with Crippen LogP contribution in [0.15, 0.2) is 0 Å². The largest absolute Gasteiger partial charge is 0.388 e. The fourth-order valence-corrected chi connectivity index (χ4v) is 1.83. The van der Waals surface area contributed by atoms with E-state index in [0.717, 1.165) is 18.1 Å². The summed E-state index contributed by atoms with van der Waals surface area (Å²) >= 11 is 2.02. The maximum Gasteiger partial charge on any atom is 0.0905 e. The Bertz CT molecular complexity index is 126. The van der Waals surface area contributed by atoms with Crippen molar-refractivity contribution in [3.63, 3.8) is 0 Å². The van der Waals surface area contributed by atoms with Crippen molar-refractivity contribution in [3.05, 3.63) is 0 Å². The van der Waals surface area contributed by atoms with Crippen LogP contribution in [0, 0.1) is 5.41 Å². The summed E-state index contributed by atoms with van der Waals surface area (Å²) in [4.78, 5) is 0. The molecule has 0 aliphatic carbocycles. The molecule has 12 heavy (non-hydrogen) atoms. The minimum absolute atomic E-state index is 0.323. The van der Waals surface area contributed by atoms with Gasteiger partial charge in [-0.3, -0.25) is 5.41 Å². The zero-order chi connectivity index (χ0) is 9.40. The van der Waals surface area contributed by atoms with Crippen LogP contribution in [0.5, 0.6) is 0 Å². The molecule has 0 saturated heterocycles. The highest BCUT2D eigenvalue weighted by molar-refractivity contribution is 7.99. The molecule has 0 bridgehead atoms. The lowest BCUT2D eigenvalue weighted by atomic mass is 10.2. The van der Waals surface area contributed by atoms with E-state index < -0.39 is 0 Å². The third-order valence-electron chi connectivity index (χ3n) is 1.82. The SMILES string of the molecule is CCC(C)SCCCCC(=N)N. The van der Waals surface area contributed by atoms with Gasteiger partial charge in [-0.1, -0.05) is 13.8 Å². The third-order valence-corrected chi connectivity index (χ3v) is 3.24. The Hall–Kier alpha value is -0.180. The lowest BCUT2D eigenvalue weighted by molar-refractivity contribution is 0.829. The second-order valence-corrected chi connectivity index (χ2v) is 4.62. The van der Waals surface area contributed by atoms with Gasteiger partial charge in [0.1, 0.15) is 0 Å². The average molecular weight is 188 g/mol. The summed E-state index contributed by atoms with van der Waals surface area (Å²) in [7, 11) is 0. The van der Waals surface area contributed by atoms with E-state index in [1.54, 1.807) is 0 Å². The molecule has 1 unspecified atom stereocenters. The van der Waals surface area contributed by atoms with Crippen molar-refractivity contribution < 1.29 is 0 Å². The predicted molar refractivity (Wildman–Crippen MR) is 58.0 cm³/mol. The van der Waals surface area contributed by atoms with Gasteiger partial charge in [0.15, 0.2) is 0 Å². The molecule has 0 amide bonds. The van der Waals surface area contributed by atoms with E-state index in [1.165, 1.54) is 18.6 Å². The first-order valence-electron chi connectivity index (χ1n) is 4.61. The lowest BCUT2D eigenvalue weighted by Gasteiger charge is -2.06. The van der Waals surface area contributed by atoms with Gasteiger partial charge < -0.3 is 5.73 Å². The van der Waals surface area contributed by atoms with Crippen LogP contribution in [0.2, 0.25) is 0 Å². The maximum absolute atomic E-state index is 7.02. The number of hydrogen-bond donors (Lipinski definition) is 2. The van der Waals surface area contributed by atoms with Gasteiger partial charge >= 0.3 is 0 Å². The van der Waals surface area contributed by atoms with Crippen LogP contribution in [-0.2, 0) is 0 Å². The third kappa shape index (κ3) is 7.92. The number of unbranched alkanes of at least 4 members (excludes halogenated alkanes) is 1. The summed E-state index contributed by atoms with van der Waals surface area (Å²) in [5.41, 5.74) is 5.24. The standard InChI is InChI=1S/C9H20N2S/c1-3-8(2)12-7-5-4-6-9(10)11/h8H,3-7H2,1-2H3,(H3,10,11). The normalized spacial score (nSPS) is 12.8. The number of thioether (sulfide) groups is 1. The number of nitrogens with two attached hydrogens (primary N) is 1. The summed E-state index contributed by atoms with van der Waals surface area (Å²) in [5.74, 6) is 1.53. The van der Waals surface area contributed by atoms with Crippen LogP contribution in [0.3, 0.4) is 0 Å². The molecule has 72 valence electrons. The summed E-state index contributed by atoms with van der Waals surface area (Å²) < 4.78 is 0. The molecule has 0 aromatic rings. The molecule has 0 heterocycles. The smallest absolute Gasteiger partial charge is 0.0905 e. The van der Waals surface area contributed by atoms with Crippen LogP contribution in [0.25, 0.3) is 0 Å². The van der Waals surface area contributed by atoms with Crippen molar-refractivity contribution >= 4 is 17.6 Å². The molecule has 2 nitrogen and oxygen atoms in total. The first-order valence-corrected chi connectivity index (χ1v) is 5.66. The fourth-order valence-electron chi connectivity index (χ4n) is 0.820. The molecule has 0 rings (SSSR count). The van der Waals surface area contributed by atoms with Crippen LogP contribution >= 0.6 is 11.8 Å². The predicted octanol–water partition coefficient (Wildman–Crippen LogP) is 2.62. The molecule has 0 aliphatic rings. The van der Waals surface area contributed by atoms with Gasteiger partial charge in [-0.25, -0.2) is 0 Å². The molecule has 0 aliphatic heterocycles. The second-order valence-electron chi connectivity index (χ2n) is 3.07. The van der Waals surface area contributed by atoms with E-state index in [0.29, 0.717) is 5.84 Å². The minimum Gasteiger partial charge on any atom is -0.388 e.